The molecule has 1 unspecified atom stereocenters. The third-order valence-corrected chi connectivity index (χ3v) is 8.50. The summed E-state index contributed by atoms with van der Waals surface area (Å²) >= 11 is 0. The SMILES string of the molecule is CN(C)C1C(O)=C(C(N)=O)C(=O)[C@@]2(O)C(O)=C3C(=O)c4c(O)ccc(-c5ccc(/N=C\NC(C)(C)C)cc5)c4C[C@H]3C[C@@H]12. The highest BCUT2D eigenvalue weighted by atomic mass is 16.3. The Balaban J connectivity index is 1.59. The van der Waals surface area contributed by atoms with E-state index in [0.717, 1.165) is 5.56 Å². The smallest absolute Gasteiger partial charge is 0.255 e. The summed E-state index contributed by atoms with van der Waals surface area (Å²) in [5, 5.41) is 48.1. The molecule has 0 bridgehead atoms. The van der Waals surface area contributed by atoms with Crippen molar-refractivity contribution >= 4 is 29.5 Å². The van der Waals surface area contributed by atoms with Crippen molar-refractivity contribution in [2.24, 2.45) is 22.6 Å². The first kappa shape index (κ1) is 30.0. The van der Waals surface area contributed by atoms with Crippen LogP contribution in [0.5, 0.6) is 5.75 Å². The van der Waals surface area contributed by atoms with Gasteiger partial charge >= 0.3 is 0 Å². The Morgan fingerprint density at radius 2 is 1.74 bits per heavy atom. The van der Waals surface area contributed by atoms with Crippen LogP contribution in [0.15, 0.2) is 64.1 Å². The average molecular weight is 589 g/mol. The van der Waals surface area contributed by atoms with Gasteiger partial charge < -0.3 is 31.5 Å². The number of aliphatic hydroxyl groups excluding tert-OH is 2. The highest BCUT2D eigenvalue weighted by Gasteiger charge is 2.63. The molecule has 0 fully saturated rings. The highest BCUT2D eigenvalue weighted by Crippen LogP contribution is 2.53. The van der Waals surface area contributed by atoms with Crippen LogP contribution in [0.3, 0.4) is 0 Å². The number of carbonyl (C=O) groups is 3. The number of primary amides is 1. The number of benzene rings is 2. The largest absolute Gasteiger partial charge is 0.510 e. The van der Waals surface area contributed by atoms with Crippen molar-refractivity contribution in [2.75, 3.05) is 14.1 Å². The van der Waals surface area contributed by atoms with E-state index in [2.05, 4.69) is 10.3 Å². The number of nitrogens with zero attached hydrogens (tertiary/aromatic N) is 2. The fraction of sp³-hybridized carbons (Fsp3) is 0.375. The standard InChI is InChI=1S/C32H36N4O7/c1-31(2,3)35-14-34-17-8-6-15(7-9-17)18-10-11-21(37)23-19(18)12-16-13-20-25(36(4)5)27(39)24(30(33)42)29(41)32(20,43)28(40)22(16)26(23)38/h6-11,14,16,20,25,37,39-40,43H,12-13H2,1-5H3,(H2,33,42)(H,34,35)/t16-,20-,25?,32-/m0/s1. The molecule has 7 N–H and O–H groups in total. The van der Waals surface area contributed by atoms with Crippen molar-refractivity contribution < 1.29 is 34.8 Å². The first-order valence-corrected chi connectivity index (χ1v) is 14.0. The molecule has 43 heavy (non-hydrogen) atoms. The summed E-state index contributed by atoms with van der Waals surface area (Å²) in [6.07, 6.45) is 1.86. The lowest BCUT2D eigenvalue weighted by Crippen LogP contribution is -2.63. The van der Waals surface area contributed by atoms with Crippen LogP contribution >= 0.6 is 0 Å². The minimum Gasteiger partial charge on any atom is -0.510 e. The van der Waals surface area contributed by atoms with Crippen LogP contribution in [0.25, 0.3) is 11.1 Å². The Bertz CT molecular complexity index is 1630. The van der Waals surface area contributed by atoms with Gasteiger partial charge in [0.05, 0.1) is 23.6 Å². The average Bonchev–Trinajstić information content (AvgIpc) is 2.90. The predicted molar refractivity (Wildman–Crippen MR) is 160 cm³/mol. The summed E-state index contributed by atoms with van der Waals surface area (Å²) < 4.78 is 0. The molecule has 0 aromatic heterocycles. The van der Waals surface area contributed by atoms with Gasteiger partial charge in [-0.25, -0.2) is 4.99 Å². The molecule has 11 heteroatoms. The van der Waals surface area contributed by atoms with Crippen LogP contribution in [-0.4, -0.2) is 80.4 Å². The zero-order chi connectivity index (χ0) is 31.6. The molecule has 5 rings (SSSR count). The maximum absolute atomic E-state index is 13.9. The molecule has 0 saturated carbocycles. The number of aliphatic hydroxyl groups is 3. The van der Waals surface area contributed by atoms with Crippen molar-refractivity contribution in [3.63, 3.8) is 0 Å². The first-order valence-electron chi connectivity index (χ1n) is 14.0. The number of fused-ring (bicyclic) bond motifs is 3. The topological polar surface area (TPSA) is 186 Å². The molecule has 2 aromatic rings. The second-order valence-electron chi connectivity index (χ2n) is 12.6. The van der Waals surface area contributed by atoms with Gasteiger partial charge in [-0.3, -0.25) is 19.3 Å². The number of amides is 1. The van der Waals surface area contributed by atoms with E-state index >= 15 is 0 Å². The molecule has 3 aliphatic rings. The van der Waals surface area contributed by atoms with E-state index in [1.165, 1.54) is 11.0 Å². The van der Waals surface area contributed by atoms with Gasteiger partial charge in [0.2, 0.25) is 5.78 Å². The maximum Gasteiger partial charge on any atom is 0.255 e. The Morgan fingerprint density at radius 3 is 2.33 bits per heavy atom. The number of nitrogens with one attached hydrogen (secondary N) is 1. The van der Waals surface area contributed by atoms with Crippen molar-refractivity contribution in [3.8, 4) is 16.9 Å². The van der Waals surface area contributed by atoms with Crippen LogP contribution in [0, 0.1) is 11.8 Å². The molecule has 2 aromatic carbocycles. The van der Waals surface area contributed by atoms with Crippen LogP contribution in [-0.2, 0) is 16.0 Å². The summed E-state index contributed by atoms with van der Waals surface area (Å²) in [5.41, 5.74) is 4.28. The van der Waals surface area contributed by atoms with Crippen LogP contribution in [0.1, 0.15) is 43.1 Å². The molecule has 0 saturated heterocycles. The molecule has 0 radical (unpaired) electrons. The number of aromatic hydroxyl groups is 1. The van der Waals surface area contributed by atoms with E-state index in [-0.39, 0.29) is 35.3 Å². The molecule has 0 aliphatic heterocycles. The van der Waals surface area contributed by atoms with E-state index in [4.69, 9.17) is 5.73 Å². The summed E-state index contributed by atoms with van der Waals surface area (Å²) in [7, 11) is 3.19. The van der Waals surface area contributed by atoms with Gasteiger partial charge in [-0.2, -0.15) is 0 Å². The van der Waals surface area contributed by atoms with Gasteiger partial charge in [-0.15, -0.1) is 0 Å². The number of hydrogen-bond donors (Lipinski definition) is 6. The number of ketones is 2. The van der Waals surface area contributed by atoms with Gasteiger partial charge in [0.15, 0.2) is 11.4 Å². The number of rotatable bonds is 5. The minimum atomic E-state index is -2.67. The van der Waals surface area contributed by atoms with Gasteiger partial charge in [0.25, 0.3) is 5.91 Å². The maximum atomic E-state index is 13.9. The number of Topliss-reactive ketones (excluding diaryl/α,β-unsaturated/α-hetero) is 2. The second-order valence-corrected chi connectivity index (χ2v) is 12.6. The molecule has 0 spiro atoms. The van der Waals surface area contributed by atoms with Crippen molar-refractivity contribution in [1.29, 1.82) is 0 Å². The van der Waals surface area contributed by atoms with Gasteiger partial charge in [0, 0.05) is 17.0 Å². The third kappa shape index (κ3) is 4.78. The van der Waals surface area contributed by atoms with E-state index in [1.807, 2.05) is 45.0 Å². The lowest BCUT2D eigenvalue weighted by Gasteiger charge is -2.50. The first-order chi connectivity index (χ1) is 20.1. The Kier molecular flexibility index (Phi) is 7.22. The number of nitrogens with two attached hydrogens (primary N) is 1. The number of likely N-dealkylation sites (N-methyl/N-ethyl adjacent to an activating group) is 1. The number of aliphatic imine (C=N–C) groups is 1. The van der Waals surface area contributed by atoms with Crippen LogP contribution < -0.4 is 11.1 Å². The predicted octanol–water partition coefficient (Wildman–Crippen LogP) is 2.84. The van der Waals surface area contributed by atoms with E-state index in [9.17, 15) is 34.8 Å². The van der Waals surface area contributed by atoms with Crippen molar-refractivity contribution in [3.05, 3.63) is 70.2 Å². The minimum absolute atomic E-state index is 0.0231. The third-order valence-electron chi connectivity index (χ3n) is 8.50. The summed E-state index contributed by atoms with van der Waals surface area (Å²) in [4.78, 5) is 45.5. The molecule has 3 aliphatic carbocycles. The Morgan fingerprint density at radius 1 is 1.09 bits per heavy atom. The van der Waals surface area contributed by atoms with Crippen LogP contribution in [0.2, 0.25) is 0 Å². The zero-order valence-electron chi connectivity index (χ0n) is 24.7. The second kappa shape index (κ2) is 10.4. The van der Waals surface area contributed by atoms with Crippen LogP contribution in [0.4, 0.5) is 5.69 Å². The number of carbonyl (C=O) groups excluding carboxylic acids is 3. The van der Waals surface area contributed by atoms with E-state index in [0.29, 0.717) is 16.8 Å². The quantitative estimate of drug-likeness (QED) is 0.174. The monoisotopic (exact) mass is 588 g/mol. The van der Waals surface area contributed by atoms with Gasteiger partial charge in [-0.1, -0.05) is 18.2 Å². The lowest BCUT2D eigenvalue weighted by atomic mass is 9.58. The fourth-order valence-electron chi connectivity index (χ4n) is 6.55. The number of phenolic OH excluding ortho intramolecular Hbond substituents is 1. The summed E-state index contributed by atoms with van der Waals surface area (Å²) in [5.74, 6) is -6.78. The normalized spacial score (nSPS) is 25.6. The lowest BCUT2D eigenvalue weighted by molar-refractivity contribution is -0.148. The van der Waals surface area contributed by atoms with Crippen molar-refractivity contribution in [2.45, 2.75) is 50.8 Å². The van der Waals surface area contributed by atoms with Crippen molar-refractivity contribution in [1.82, 2.24) is 10.2 Å². The van der Waals surface area contributed by atoms with E-state index < -0.39 is 58.0 Å². The number of hydrogen-bond acceptors (Lipinski definition) is 9. The molecule has 11 nitrogen and oxygen atoms in total. The Hall–Kier alpha value is -4.48. The molecule has 4 atom stereocenters. The molecular formula is C32H36N4O7. The Labute approximate surface area is 249 Å². The van der Waals surface area contributed by atoms with Gasteiger partial charge in [0.1, 0.15) is 22.8 Å². The number of phenols is 1. The molecule has 226 valence electrons. The zero-order valence-corrected chi connectivity index (χ0v) is 24.7. The summed E-state index contributed by atoms with van der Waals surface area (Å²) in [6, 6.07) is 9.45. The van der Waals surface area contributed by atoms with Gasteiger partial charge in [-0.05, 0) is 88.5 Å². The number of allylic oxidation sites excluding steroid dienone is 1. The fourth-order valence-corrected chi connectivity index (χ4v) is 6.55. The molecule has 0 heterocycles. The highest BCUT2D eigenvalue weighted by molar-refractivity contribution is 6.24. The molecular weight excluding hydrogens is 552 g/mol. The van der Waals surface area contributed by atoms with E-state index in [1.54, 1.807) is 26.5 Å². The summed E-state index contributed by atoms with van der Waals surface area (Å²) in [6.45, 7) is 6.07. The molecule has 1 amide bonds.